The minimum Gasteiger partial charge on any atom is -0.465 e. The van der Waals surface area contributed by atoms with Gasteiger partial charge in [0.1, 0.15) is 10.7 Å². The molecule has 0 bridgehead atoms. The van der Waals surface area contributed by atoms with E-state index in [-0.39, 0.29) is 34.3 Å². The van der Waals surface area contributed by atoms with Crippen molar-refractivity contribution in [2.24, 2.45) is 0 Å². The first-order valence-electron chi connectivity index (χ1n) is 11.0. The molecule has 1 aliphatic heterocycles. The maximum atomic E-state index is 13.0. The third kappa shape index (κ3) is 5.29. The first-order valence-corrected chi connectivity index (χ1v) is 11.3. The van der Waals surface area contributed by atoms with Crippen LogP contribution in [0.5, 0.6) is 0 Å². The van der Waals surface area contributed by atoms with Gasteiger partial charge in [0.15, 0.2) is 0 Å². The molecule has 0 aromatic heterocycles. The molecular formula is C27H22ClN3O5. The molecular weight excluding hydrogens is 482 g/mol. The highest BCUT2D eigenvalue weighted by Crippen LogP contribution is 2.30. The predicted molar refractivity (Wildman–Crippen MR) is 137 cm³/mol. The largest absolute Gasteiger partial charge is 0.465 e. The number of methoxy groups -OCH3 is 1. The summed E-state index contributed by atoms with van der Waals surface area (Å²) in [5, 5.41) is 5.48. The van der Waals surface area contributed by atoms with Gasteiger partial charge in [-0.15, -0.1) is 0 Å². The quantitative estimate of drug-likeness (QED) is 0.366. The van der Waals surface area contributed by atoms with E-state index in [1.54, 1.807) is 24.3 Å². The maximum absolute atomic E-state index is 13.0. The molecule has 2 N–H and O–H groups in total. The monoisotopic (exact) mass is 503 g/mol. The van der Waals surface area contributed by atoms with E-state index in [4.69, 9.17) is 16.3 Å². The van der Waals surface area contributed by atoms with Crippen LogP contribution in [0.15, 0.2) is 83.5 Å². The molecule has 0 radical (unpaired) electrons. The second kappa shape index (κ2) is 10.5. The number of carbonyl (C=O) groups excluding carboxylic acids is 4. The normalized spacial score (nSPS) is 13.1. The van der Waals surface area contributed by atoms with Gasteiger partial charge in [-0.1, -0.05) is 41.9 Å². The third-order valence-corrected chi connectivity index (χ3v) is 5.79. The van der Waals surface area contributed by atoms with E-state index in [9.17, 15) is 19.2 Å². The minimum absolute atomic E-state index is 0.0879. The number of imide groups is 1. The molecule has 3 aromatic rings. The molecule has 36 heavy (non-hydrogen) atoms. The third-order valence-electron chi connectivity index (χ3n) is 5.44. The zero-order valence-electron chi connectivity index (χ0n) is 19.5. The van der Waals surface area contributed by atoms with Gasteiger partial charge in [-0.25, -0.2) is 9.69 Å². The van der Waals surface area contributed by atoms with Crippen molar-refractivity contribution in [3.8, 4) is 0 Å². The van der Waals surface area contributed by atoms with Crippen LogP contribution in [0.25, 0.3) is 0 Å². The Kier molecular flexibility index (Phi) is 7.17. The summed E-state index contributed by atoms with van der Waals surface area (Å²) in [6.07, 6.45) is 0.166. The number of ether oxygens (including phenoxy) is 1. The molecule has 0 aliphatic carbocycles. The van der Waals surface area contributed by atoms with Crippen molar-refractivity contribution >= 4 is 52.4 Å². The van der Waals surface area contributed by atoms with E-state index in [1.807, 2.05) is 31.2 Å². The summed E-state index contributed by atoms with van der Waals surface area (Å²) in [5.74, 6) is -2.13. The number of amides is 3. The van der Waals surface area contributed by atoms with E-state index in [2.05, 4.69) is 10.6 Å². The van der Waals surface area contributed by atoms with Gasteiger partial charge in [0.2, 0.25) is 5.91 Å². The topological polar surface area (TPSA) is 105 Å². The van der Waals surface area contributed by atoms with Crippen LogP contribution in [0.1, 0.15) is 21.5 Å². The first kappa shape index (κ1) is 24.7. The van der Waals surface area contributed by atoms with E-state index in [0.29, 0.717) is 5.69 Å². The smallest absolute Gasteiger partial charge is 0.337 e. The van der Waals surface area contributed by atoms with Gasteiger partial charge in [0, 0.05) is 11.4 Å². The molecule has 0 spiro atoms. The van der Waals surface area contributed by atoms with Crippen molar-refractivity contribution < 1.29 is 23.9 Å². The molecule has 9 heteroatoms. The van der Waals surface area contributed by atoms with Crippen LogP contribution < -0.4 is 15.5 Å². The second-order valence-corrected chi connectivity index (χ2v) is 8.47. The Morgan fingerprint density at radius 1 is 0.917 bits per heavy atom. The van der Waals surface area contributed by atoms with Gasteiger partial charge in [-0.05, 0) is 60.5 Å². The average molecular weight is 504 g/mol. The number of nitrogens with one attached hydrogen (secondary N) is 2. The van der Waals surface area contributed by atoms with Gasteiger partial charge < -0.3 is 15.4 Å². The molecule has 4 rings (SSSR count). The lowest BCUT2D eigenvalue weighted by molar-refractivity contribution is -0.120. The fourth-order valence-electron chi connectivity index (χ4n) is 3.70. The lowest BCUT2D eigenvalue weighted by Crippen LogP contribution is -2.32. The summed E-state index contributed by atoms with van der Waals surface area (Å²) in [5.41, 5.74) is 3.35. The van der Waals surface area contributed by atoms with E-state index < -0.39 is 17.8 Å². The first-order chi connectivity index (χ1) is 17.3. The number of nitrogens with zero attached hydrogens (tertiary/aromatic N) is 1. The number of anilines is 3. The average Bonchev–Trinajstić information content (AvgIpc) is 3.07. The van der Waals surface area contributed by atoms with Crippen molar-refractivity contribution in [2.45, 2.75) is 13.3 Å². The van der Waals surface area contributed by atoms with Crippen LogP contribution in [0.2, 0.25) is 0 Å². The number of rotatable bonds is 7. The van der Waals surface area contributed by atoms with Gasteiger partial charge in [-0.2, -0.15) is 0 Å². The highest BCUT2D eigenvalue weighted by Gasteiger charge is 2.39. The molecule has 0 fully saturated rings. The number of halogens is 1. The molecule has 182 valence electrons. The van der Waals surface area contributed by atoms with Crippen LogP contribution in [0, 0.1) is 6.92 Å². The van der Waals surface area contributed by atoms with Gasteiger partial charge in [0.05, 0.1) is 24.8 Å². The van der Waals surface area contributed by atoms with Gasteiger partial charge >= 0.3 is 5.97 Å². The molecule has 3 amide bonds. The molecule has 0 saturated carbocycles. The maximum Gasteiger partial charge on any atom is 0.337 e. The molecule has 0 atom stereocenters. The summed E-state index contributed by atoms with van der Waals surface area (Å²) in [4.78, 5) is 50.8. The lowest BCUT2D eigenvalue weighted by Gasteiger charge is -2.16. The summed E-state index contributed by atoms with van der Waals surface area (Å²) in [6.45, 7) is 1.95. The van der Waals surface area contributed by atoms with Crippen LogP contribution in [0.3, 0.4) is 0 Å². The Morgan fingerprint density at radius 2 is 1.64 bits per heavy atom. The Labute approximate surface area is 212 Å². The van der Waals surface area contributed by atoms with Crippen LogP contribution in [-0.2, 0) is 25.5 Å². The van der Waals surface area contributed by atoms with Crippen LogP contribution >= 0.6 is 11.6 Å². The molecule has 1 aliphatic rings. The number of hydrogen-bond acceptors (Lipinski definition) is 6. The van der Waals surface area contributed by atoms with Crippen molar-refractivity contribution in [3.05, 3.63) is 100 Å². The van der Waals surface area contributed by atoms with Crippen LogP contribution in [-0.4, -0.2) is 30.8 Å². The zero-order chi connectivity index (χ0) is 25.8. The molecule has 0 unspecified atom stereocenters. The van der Waals surface area contributed by atoms with Crippen LogP contribution in [0.4, 0.5) is 17.1 Å². The van der Waals surface area contributed by atoms with Gasteiger partial charge in [-0.3, -0.25) is 14.4 Å². The Hall–Kier alpha value is -4.43. The Morgan fingerprint density at radius 3 is 2.33 bits per heavy atom. The summed E-state index contributed by atoms with van der Waals surface area (Å²) < 4.78 is 4.70. The Balaban J connectivity index is 1.44. The number of carbonyl (C=O) groups is 4. The zero-order valence-corrected chi connectivity index (χ0v) is 20.3. The van der Waals surface area contributed by atoms with Crippen molar-refractivity contribution in [1.29, 1.82) is 0 Å². The summed E-state index contributed by atoms with van der Waals surface area (Å²) >= 11 is 6.20. The second-order valence-electron chi connectivity index (χ2n) is 8.09. The minimum atomic E-state index is -0.712. The van der Waals surface area contributed by atoms with Crippen molar-refractivity contribution in [1.82, 2.24) is 0 Å². The predicted octanol–water partition coefficient (Wildman–Crippen LogP) is 4.40. The highest BCUT2D eigenvalue weighted by molar-refractivity contribution is 6.53. The molecule has 1 heterocycles. The summed E-state index contributed by atoms with van der Waals surface area (Å²) in [7, 11) is 1.24. The molecule has 8 nitrogen and oxygen atoms in total. The SMILES string of the molecule is COC(=O)c1cccc(N2C(=O)C(Cl)=C(Nc3ccc(CC(=O)Nc4cccc(C)c4)cc3)C2=O)c1. The number of aryl methyl sites for hydroxylation is 1. The highest BCUT2D eigenvalue weighted by atomic mass is 35.5. The van der Waals surface area contributed by atoms with E-state index in [0.717, 1.165) is 21.7 Å². The summed E-state index contributed by atoms with van der Waals surface area (Å²) in [6, 6.07) is 20.3. The fourth-order valence-corrected chi connectivity index (χ4v) is 3.91. The fraction of sp³-hybridized carbons (Fsp3) is 0.111. The standard InChI is InChI=1S/C27H22ClN3O5/c1-16-5-3-7-20(13-16)29-22(32)14-17-9-11-19(12-10-17)30-24-23(28)25(33)31(26(24)34)21-8-4-6-18(15-21)27(35)36-2/h3-13,15,30H,14H2,1-2H3,(H,29,32). The molecule has 3 aromatic carbocycles. The van der Waals surface area contributed by atoms with Gasteiger partial charge in [0.25, 0.3) is 11.8 Å². The van der Waals surface area contributed by atoms with Crippen molar-refractivity contribution in [3.63, 3.8) is 0 Å². The Bertz CT molecular complexity index is 1400. The van der Waals surface area contributed by atoms with Crippen molar-refractivity contribution in [2.75, 3.05) is 22.6 Å². The lowest BCUT2D eigenvalue weighted by atomic mass is 10.1. The molecule has 0 saturated heterocycles. The van der Waals surface area contributed by atoms with E-state index >= 15 is 0 Å². The van der Waals surface area contributed by atoms with E-state index in [1.165, 1.54) is 31.4 Å². The number of hydrogen-bond donors (Lipinski definition) is 2. The number of benzene rings is 3. The number of esters is 1.